The van der Waals surface area contributed by atoms with Crippen molar-refractivity contribution in [2.45, 2.75) is 31.4 Å². The van der Waals surface area contributed by atoms with Gasteiger partial charge in [-0.3, -0.25) is 5.84 Å². The Morgan fingerprint density at radius 2 is 2.33 bits per heavy atom. The van der Waals surface area contributed by atoms with Crippen molar-refractivity contribution >= 4 is 0 Å². The van der Waals surface area contributed by atoms with Gasteiger partial charge in [0.25, 0.3) is 0 Å². The summed E-state index contributed by atoms with van der Waals surface area (Å²) in [6, 6.07) is -0.124. The van der Waals surface area contributed by atoms with Crippen molar-refractivity contribution in [1.29, 1.82) is 0 Å². The number of nitrogens with two attached hydrogens (primary N) is 1. The van der Waals surface area contributed by atoms with Gasteiger partial charge in [0.05, 0.1) is 5.60 Å². The molecule has 3 N–H and O–H groups in total. The van der Waals surface area contributed by atoms with Gasteiger partial charge in [-0.2, -0.15) is 0 Å². The standard InChI is InChI=1S/C12H22N4O2/c1-3-18-12(4-8-17-9-5-12)10(15-13)11-14-6-7-16(11)2/h6-7,10,15H,3-5,8-9,13H2,1-2H3. The Kier molecular flexibility index (Phi) is 4.34. The number of hydrazine groups is 1. The van der Waals surface area contributed by atoms with E-state index in [0.29, 0.717) is 19.8 Å². The average Bonchev–Trinajstić information content (AvgIpc) is 2.78. The molecule has 0 aromatic carbocycles. The average molecular weight is 254 g/mol. The van der Waals surface area contributed by atoms with Gasteiger partial charge in [-0.1, -0.05) is 0 Å². The van der Waals surface area contributed by atoms with Crippen LogP contribution in [0, 0.1) is 0 Å². The second-order valence-corrected chi connectivity index (χ2v) is 4.61. The van der Waals surface area contributed by atoms with E-state index in [2.05, 4.69) is 10.4 Å². The molecule has 0 aliphatic carbocycles. The van der Waals surface area contributed by atoms with Crippen LogP contribution >= 0.6 is 0 Å². The van der Waals surface area contributed by atoms with Crippen molar-refractivity contribution in [2.24, 2.45) is 12.9 Å². The molecule has 6 nitrogen and oxygen atoms in total. The number of imidazole rings is 1. The largest absolute Gasteiger partial charge is 0.381 e. The van der Waals surface area contributed by atoms with E-state index in [1.165, 1.54) is 0 Å². The third-order valence-electron chi connectivity index (χ3n) is 3.58. The summed E-state index contributed by atoms with van der Waals surface area (Å²) in [7, 11) is 1.96. The summed E-state index contributed by atoms with van der Waals surface area (Å²) in [5.41, 5.74) is 2.54. The molecular formula is C12H22N4O2. The monoisotopic (exact) mass is 254 g/mol. The van der Waals surface area contributed by atoms with Crippen LogP contribution < -0.4 is 11.3 Å². The van der Waals surface area contributed by atoms with Gasteiger partial charge >= 0.3 is 0 Å². The minimum atomic E-state index is -0.332. The van der Waals surface area contributed by atoms with Crippen LogP contribution in [0.25, 0.3) is 0 Å². The van der Waals surface area contributed by atoms with Crippen LogP contribution in [-0.2, 0) is 16.5 Å². The maximum absolute atomic E-state index is 6.03. The predicted molar refractivity (Wildman–Crippen MR) is 67.7 cm³/mol. The highest BCUT2D eigenvalue weighted by Gasteiger charge is 2.43. The Bertz CT molecular complexity index is 368. The molecular weight excluding hydrogens is 232 g/mol. The fourth-order valence-electron chi connectivity index (χ4n) is 2.64. The first kappa shape index (κ1) is 13.5. The number of nitrogens with zero attached hydrogens (tertiary/aromatic N) is 2. The lowest BCUT2D eigenvalue weighted by Crippen LogP contribution is -2.52. The molecule has 1 aliphatic heterocycles. The van der Waals surface area contributed by atoms with Gasteiger partial charge in [-0.15, -0.1) is 0 Å². The molecule has 1 aliphatic rings. The van der Waals surface area contributed by atoms with Gasteiger partial charge in [0.1, 0.15) is 11.9 Å². The maximum atomic E-state index is 6.03. The summed E-state index contributed by atoms with van der Waals surface area (Å²) in [4.78, 5) is 4.39. The van der Waals surface area contributed by atoms with Gasteiger partial charge in [0, 0.05) is 52.1 Å². The van der Waals surface area contributed by atoms with Crippen LogP contribution in [-0.4, -0.2) is 35.0 Å². The van der Waals surface area contributed by atoms with Crippen molar-refractivity contribution in [3.8, 4) is 0 Å². The molecule has 102 valence electrons. The molecule has 2 heterocycles. The summed E-state index contributed by atoms with van der Waals surface area (Å²) in [6.45, 7) is 4.05. The highest BCUT2D eigenvalue weighted by Crippen LogP contribution is 2.36. The van der Waals surface area contributed by atoms with Crippen molar-refractivity contribution in [3.63, 3.8) is 0 Å². The Morgan fingerprint density at radius 1 is 1.61 bits per heavy atom. The summed E-state index contributed by atoms with van der Waals surface area (Å²) in [6.07, 6.45) is 5.34. The number of nitrogens with one attached hydrogen (secondary N) is 1. The van der Waals surface area contributed by atoms with Crippen LogP contribution in [0.3, 0.4) is 0 Å². The zero-order chi connectivity index (χ0) is 13.0. The number of hydrogen-bond acceptors (Lipinski definition) is 5. The van der Waals surface area contributed by atoms with E-state index in [1.807, 2.05) is 24.7 Å². The quantitative estimate of drug-likeness (QED) is 0.591. The van der Waals surface area contributed by atoms with E-state index < -0.39 is 0 Å². The lowest BCUT2D eigenvalue weighted by Gasteiger charge is -2.42. The van der Waals surface area contributed by atoms with Crippen LogP contribution in [0.5, 0.6) is 0 Å². The Morgan fingerprint density at radius 3 is 2.83 bits per heavy atom. The Balaban J connectivity index is 2.29. The molecule has 1 aromatic heterocycles. The third kappa shape index (κ3) is 2.42. The molecule has 6 heteroatoms. The molecule has 1 fully saturated rings. The van der Waals surface area contributed by atoms with Crippen LogP contribution in [0.15, 0.2) is 12.4 Å². The normalized spacial score (nSPS) is 20.8. The van der Waals surface area contributed by atoms with Crippen LogP contribution in [0.1, 0.15) is 31.6 Å². The van der Waals surface area contributed by atoms with E-state index in [-0.39, 0.29) is 11.6 Å². The first-order chi connectivity index (χ1) is 8.73. The van der Waals surface area contributed by atoms with Gasteiger partial charge < -0.3 is 14.0 Å². The van der Waals surface area contributed by atoms with Crippen molar-refractivity contribution < 1.29 is 9.47 Å². The smallest absolute Gasteiger partial charge is 0.129 e. The first-order valence-corrected chi connectivity index (χ1v) is 6.38. The summed E-state index contributed by atoms with van der Waals surface area (Å²) in [5, 5.41) is 0. The second kappa shape index (κ2) is 5.79. The summed E-state index contributed by atoms with van der Waals surface area (Å²) in [5.74, 6) is 6.65. The van der Waals surface area contributed by atoms with E-state index >= 15 is 0 Å². The number of rotatable bonds is 5. The van der Waals surface area contributed by atoms with Gasteiger partial charge in [-0.25, -0.2) is 10.4 Å². The number of ether oxygens (including phenoxy) is 2. The maximum Gasteiger partial charge on any atom is 0.129 e. The van der Waals surface area contributed by atoms with Gasteiger partial charge in [-0.05, 0) is 6.92 Å². The molecule has 0 spiro atoms. The third-order valence-corrected chi connectivity index (χ3v) is 3.58. The van der Waals surface area contributed by atoms with Gasteiger partial charge in [0.15, 0.2) is 0 Å². The number of aryl methyl sites for hydroxylation is 1. The van der Waals surface area contributed by atoms with Crippen molar-refractivity contribution in [2.75, 3.05) is 19.8 Å². The fraction of sp³-hybridized carbons (Fsp3) is 0.750. The van der Waals surface area contributed by atoms with E-state index in [4.69, 9.17) is 15.3 Å². The molecule has 0 saturated carbocycles. The van der Waals surface area contributed by atoms with Crippen LogP contribution in [0.4, 0.5) is 0 Å². The Hall–Kier alpha value is -0.950. The Labute approximate surface area is 107 Å². The highest BCUT2D eigenvalue weighted by atomic mass is 16.5. The van der Waals surface area contributed by atoms with E-state index in [1.54, 1.807) is 6.20 Å². The predicted octanol–water partition coefficient (Wildman–Crippen LogP) is 0.510. The fourth-order valence-corrected chi connectivity index (χ4v) is 2.64. The topological polar surface area (TPSA) is 74.3 Å². The molecule has 2 rings (SSSR count). The molecule has 1 aromatic rings. The molecule has 0 bridgehead atoms. The lowest BCUT2D eigenvalue weighted by atomic mass is 9.85. The van der Waals surface area contributed by atoms with Crippen molar-refractivity contribution in [3.05, 3.63) is 18.2 Å². The lowest BCUT2D eigenvalue weighted by molar-refractivity contribution is -0.129. The van der Waals surface area contributed by atoms with E-state index in [9.17, 15) is 0 Å². The van der Waals surface area contributed by atoms with E-state index in [0.717, 1.165) is 18.7 Å². The van der Waals surface area contributed by atoms with Crippen LogP contribution in [0.2, 0.25) is 0 Å². The number of aromatic nitrogens is 2. The number of hydrogen-bond donors (Lipinski definition) is 2. The summed E-state index contributed by atoms with van der Waals surface area (Å²) >= 11 is 0. The molecule has 0 amide bonds. The summed E-state index contributed by atoms with van der Waals surface area (Å²) < 4.78 is 13.4. The molecule has 1 saturated heterocycles. The second-order valence-electron chi connectivity index (χ2n) is 4.61. The first-order valence-electron chi connectivity index (χ1n) is 6.38. The minimum Gasteiger partial charge on any atom is -0.381 e. The molecule has 1 unspecified atom stereocenters. The zero-order valence-corrected chi connectivity index (χ0v) is 11.1. The molecule has 0 radical (unpaired) electrons. The highest BCUT2D eigenvalue weighted by molar-refractivity contribution is 5.08. The van der Waals surface area contributed by atoms with Gasteiger partial charge in [0.2, 0.25) is 0 Å². The SMILES string of the molecule is CCOC1(C(NN)c2nccn2C)CCOCC1. The van der Waals surface area contributed by atoms with Crippen molar-refractivity contribution in [1.82, 2.24) is 15.0 Å². The minimum absolute atomic E-state index is 0.124. The molecule has 1 atom stereocenters. The zero-order valence-electron chi connectivity index (χ0n) is 11.1. The molecule has 18 heavy (non-hydrogen) atoms.